The lowest BCUT2D eigenvalue weighted by molar-refractivity contribution is 0.239. The number of rotatable bonds is 7. The fraction of sp³-hybridized carbons (Fsp3) is 0.846. The van der Waals surface area contributed by atoms with Crippen LogP contribution in [0, 0.1) is 28.1 Å². The molecule has 0 aliphatic carbocycles. The second-order valence-electron chi connectivity index (χ2n) is 5.18. The van der Waals surface area contributed by atoms with E-state index in [4.69, 9.17) is 10.5 Å². The lowest BCUT2D eigenvalue weighted by Crippen LogP contribution is -2.32. The Bertz CT molecular complexity index is 268. The maximum Gasteiger partial charge on any atom is 0.0868 e. The van der Waals surface area contributed by atoms with E-state index in [2.05, 4.69) is 30.9 Å². The molecule has 0 aromatic carbocycles. The molecule has 0 spiro atoms. The van der Waals surface area contributed by atoms with Gasteiger partial charge in [0, 0.05) is 6.04 Å². The van der Waals surface area contributed by atoms with Gasteiger partial charge in [0.2, 0.25) is 0 Å². The molecular weight excluding hydrogens is 198 g/mol. The van der Waals surface area contributed by atoms with Crippen molar-refractivity contribution >= 4 is 0 Å². The normalized spacial score (nSPS) is 11.5. The Kier molecular flexibility index (Phi) is 6.77. The van der Waals surface area contributed by atoms with Crippen LogP contribution < -0.4 is 0 Å². The first kappa shape index (κ1) is 14.9. The molecule has 0 heterocycles. The third kappa shape index (κ3) is 6.43. The predicted molar refractivity (Wildman–Crippen MR) is 65.6 cm³/mol. The van der Waals surface area contributed by atoms with Crippen LogP contribution in [0.5, 0.6) is 0 Å². The van der Waals surface area contributed by atoms with Crippen LogP contribution >= 0.6 is 0 Å². The summed E-state index contributed by atoms with van der Waals surface area (Å²) >= 11 is 0. The van der Waals surface area contributed by atoms with Crippen LogP contribution in [0.3, 0.4) is 0 Å². The van der Waals surface area contributed by atoms with Gasteiger partial charge in [0.15, 0.2) is 0 Å². The first-order chi connectivity index (χ1) is 7.43. The van der Waals surface area contributed by atoms with Crippen molar-refractivity contribution in [1.82, 2.24) is 4.90 Å². The Morgan fingerprint density at radius 1 is 1.19 bits per heavy atom. The van der Waals surface area contributed by atoms with Crippen molar-refractivity contribution in [3.05, 3.63) is 0 Å². The topological polar surface area (TPSA) is 50.8 Å². The van der Waals surface area contributed by atoms with Gasteiger partial charge in [-0.15, -0.1) is 0 Å². The van der Waals surface area contributed by atoms with Gasteiger partial charge in [0.25, 0.3) is 0 Å². The third-order valence-corrected chi connectivity index (χ3v) is 2.80. The number of unbranched alkanes of at least 4 members (excludes halogenated alkanes) is 1. The molecule has 0 saturated carbocycles. The molecule has 0 aliphatic rings. The fourth-order valence-electron chi connectivity index (χ4n) is 1.55. The molecule has 16 heavy (non-hydrogen) atoms. The molecular formula is C13H23N3. The first-order valence-corrected chi connectivity index (χ1v) is 5.95. The summed E-state index contributed by atoms with van der Waals surface area (Å²) in [6.07, 6.45) is 3.04. The molecule has 0 rings (SSSR count). The summed E-state index contributed by atoms with van der Waals surface area (Å²) in [6.45, 7) is 9.62. The smallest absolute Gasteiger partial charge is 0.0868 e. The van der Waals surface area contributed by atoms with Crippen molar-refractivity contribution in [2.75, 3.05) is 13.1 Å². The van der Waals surface area contributed by atoms with E-state index < -0.39 is 0 Å². The second kappa shape index (κ2) is 7.25. The van der Waals surface area contributed by atoms with Gasteiger partial charge in [-0.25, -0.2) is 0 Å². The van der Waals surface area contributed by atoms with Gasteiger partial charge in [-0.2, -0.15) is 10.5 Å². The fourth-order valence-corrected chi connectivity index (χ4v) is 1.55. The standard InChI is InChI=1S/C13H23N3/c1-12(2)16(10-8-14)9-6-5-7-13(3,4)11-15/h12H,5-7,9-10H2,1-4H3. The van der Waals surface area contributed by atoms with E-state index in [1.807, 2.05) is 13.8 Å². The van der Waals surface area contributed by atoms with Crippen LogP contribution in [0.25, 0.3) is 0 Å². The Morgan fingerprint density at radius 3 is 2.25 bits per heavy atom. The molecule has 0 radical (unpaired) electrons. The van der Waals surface area contributed by atoms with Crippen LogP contribution in [0.15, 0.2) is 0 Å². The highest BCUT2D eigenvalue weighted by atomic mass is 15.1. The molecule has 0 aromatic rings. The third-order valence-electron chi connectivity index (χ3n) is 2.80. The maximum absolute atomic E-state index is 8.87. The number of hydrogen-bond donors (Lipinski definition) is 0. The highest BCUT2D eigenvalue weighted by molar-refractivity contribution is 4.91. The summed E-state index contributed by atoms with van der Waals surface area (Å²) in [4.78, 5) is 2.17. The molecule has 0 saturated heterocycles. The van der Waals surface area contributed by atoms with Gasteiger partial charge >= 0.3 is 0 Å². The zero-order chi connectivity index (χ0) is 12.6. The van der Waals surface area contributed by atoms with Gasteiger partial charge in [-0.1, -0.05) is 6.42 Å². The van der Waals surface area contributed by atoms with Crippen molar-refractivity contribution in [3.63, 3.8) is 0 Å². The first-order valence-electron chi connectivity index (χ1n) is 5.95. The second-order valence-corrected chi connectivity index (χ2v) is 5.18. The molecule has 0 aromatic heterocycles. The Morgan fingerprint density at radius 2 is 1.81 bits per heavy atom. The molecule has 0 bridgehead atoms. The predicted octanol–water partition coefficient (Wildman–Crippen LogP) is 2.94. The van der Waals surface area contributed by atoms with Gasteiger partial charge < -0.3 is 0 Å². The van der Waals surface area contributed by atoms with E-state index in [-0.39, 0.29) is 5.41 Å². The summed E-state index contributed by atoms with van der Waals surface area (Å²) in [5.74, 6) is 0. The summed E-state index contributed by atoms with van der Waals surface area (Å²) in [5, 5.41) is 17.5. The van der Waals surface area contributed by atoms with Gasteiger partial charge in [0.05, 0.1) is 24.1 Å². The van der Waals surface area contributed by atoms with Crippen molar-refractivity contribution < 1.29 is 0 Å². The molecule has 0 N–H and O–H groups in total. The van der Waals surface area contributed by atoms with Crippen molar-refractivity contribution in [1.29, 1.82) is 10.5 Å². The van der Waals surface area contributed by atoms with Crippen LogP contribution in [0.1, 0.15) is 47.0 Å². The van der Waals surface area contributed by atoms with E-state index in [9.17, 15) is 0 Å². The molecule has 0 unspecified atom stereocenters. The summed E-state index contributed by atoms with van der Waals surface area (Å²) in [5.41, 5.74) is -0.210. The largest absolute Gasteiger partial charge is 0.288 e. The highest BCUT2D eigenvalue weighted by Crippen LogP contribution is 2.21. The maximum atomic E-state index is 8.87. The van der Waals surface area contributed by atoms with Crippen LogP contribution in [-0.2, 0) is 0 Å². The average Bonchev–Trinajstić information content (AvgIpc) is 2.22. The lowest BCUT2D eigenvalue weighted by Gasteiger charge is -2.23. The summed E-state index contributed by atoms with van der Waals surface area (Å²) < 4.78 is 0. The Hall–Kier alpha value is -1.06. The van der Waals surface area contributed by atoms with Crippen LogP contribution in [0.2, 0.25) is 0 Å². The number of nitrogens with zero attached hydrogens (tertiary/aromatic N) is 3. The van der Waals surface area contributed by atoms with Crippen molar-refractivity contribution in [3.8, 4) is 12.1 Å². The van der Waals surface area contributed by atoms with E-state index >= 15 is 0 Å². The minimum Gasteiger partial charge on any atom is -0.288 e. The minimum atomic E-state index is -0.210. The van der Waals surface area contributed by atoms with Crippen LogP contribution in [0.4, 0.5) is 0 Å². The summed E-state index contributed by atoms with van der Waals surface area (Å²) in [7, 11) is 0. The quantitative estimate of drug-likeness (QED) is 0.490. The van der Waals surface area contributed by atoms with E-state index in [1.165, 1.54) is 0 Å². The molecule has 0 aliphatic heterocycles. The molecule has 90 valence electrons. The van der Waals surface area contributed by atoms with Gasteiger partial charge in [0.1, 0.15) is 0 Å². The number of hydrogen-bond acceptors (Lipinski definition) is 3. The molecule has 0 amide bonds. The Labute approximate surface area is 99.7 Å². The molecule has 0 fully saturated rings. The zero-order valence-corrected chi connectivity index (χ0v) is 11.0. The average molecular weight is 221 g/mol. The van der Waals surface area contributed by atoms with E-state index in [0.29, 0.717) is 12.6 Å². The number of nitriles is 2. The Balaban J connectivity index is 3.81. The van der Waals surface area contributed by atoms with Crippen molar-refractivity contribution in [2.45, 2.75) is 53.0 Å². The van der Waals surface area contributed by atoms with Crippen LogP contribution in [-0.4, -0.2) is 24.0 Å². The molecule has 3 heteroatoms. The zero-order valence-electron chi connectivity index (χ0n) is 11.0. The highest BCUT2D eigenvalue weighted by Gasteiger charge is 2.16. The minimum absolute atomic E-state index is 0.210. The van der Waals surface area contributed by atoms with Gasteiger partial charge in [-0.05, 0) is 47.1 Å². The van der Waals surface area contributed by atoms with E-state index in [1.54, 1.807) is 0 Å². The summed E-state index contributed by atoms with van der Waals surface area (Å²) in [6, 6.07) is 4.92. The molecule has 3 nitrogen and oxygen atoms in total. The monoisotopic (exact) mass is 221 g/mol. The lowest BCUT2D eigenvalue weighted by atomic mass is 9.89. The SMILES string of the molecule is CC(C)N(CC#N)CCCCC(C)(C)C#N. The van der Waals surface area contributed by atoms with Gasteiger partial charge in [-0.3, -0.25) is 4.90 Å². The van der Waals surface area contributed by atoms with Crippen molar-refractivity contribution in [2.24, 2.45) is 5.41 Å². The van der Waals surface area contributed by atoms with E-state index in [0.717, 1.165) is 25.8 Å². The molecule has 0 atom stereocenters.